The van der Waals surface area contributed by atoms with Gasteiger partial charge in [0.2, 0.25) is 5.95 Å². The lowest BCUT2D eigenvalue weighted by Crippen LogP contribution is -2.06. The quantitative estimate of drug-likeness (QED) is 0.188. The maximum absolute atomic E-state index is 5.38. The van der Waals surface area contributed by atoms with E-state index < -0.39 is 0 Å². The molecule has 1 aliphatic carbocycles. The van der Waals surface area contributed by atoms with Crippen LogP contribution in [0, 0.1) is 0 Å². The van der Waals surface area contributed by atoms with E-state index in [2.05, 4.69) is 149 Å². The average Bonchev–Trinajstić information content (AvgIpc) is 3.96. The number of rotatable bonds is 3. The number of hydrogen-bond donors (Lipinski definition) is 0. The third kappa shape index (κ3) is 3.72. The highest BCUT2D eigenvalue weighted by atomic mass is 32.1. The summed E-state index contributed by atoms with van der Waals surface area (Å²) in [7, 11) is 0. The second kappa shape index (κ2) is 10.1. The van der Waals surface area contributed by atoms with Gasteiger partial charge in [0.1, 0.15) is 0 Å². The highest BCUT2D eigenvalue weighted by molar-refractivity contribution is 7.18. The van der Waals surface area contributed by atoms with Crippen LogP contribution in [0.1, 0.15) is 23.6 Å². The number of benzene rings is 6. The molecule has 51 heavy (non-hydrogen) atoms. The molecule has 5 nitrogen and oxygen atoms in total. The van der Waals surface area contributed by atoms with Crippen LogP contribution in [0.15, 0.2) is 145 Å². The summed E-state index contributed by atoms with van der Waals surface area (Å²) in [6.07, 6.45) is 7.90. The summed E-state index contributed by atoms with van der Waals surface area (Å²) in [6.45, 7) is 0. The van der Waals surface area contributed by atoms with Gasteiger partial charge in [-0.3, -0.25) is 4.57 Å². The summed E-state index contributed by atoms with van der Waals surface area (Å²) in [5.41, 5.74) is 13.4. The summed E-state index contributed by atoms with van der Waals surface area (Å²) < 4.78 is 5.93. The summed E-state index contributed by atoms with van der Waals surface area (Å²) in [5.74, 6) is 0.888. The number of aromatic nitrogens is 5. The fraction of sp³-hybridized carbons (Fsp3) is 0.0444. The summed E-state index contributed by atoms with van der Waals surface area (Å²) >= 11 is 1.74. The molecule has 1 unspecified atom stereocenters. The molecular weight excluding hydrogens is 643 g/mol. The zero-order valence-electron chi connectivity index (χ0n) is 27.3. The standard InChI is InChI=1S/C45H27N5S/c1-5-16-35-32(15-1)42(48-45(47-35)50-38-18-7-2-12-29(38)30-13-3-8-19-39(30)50)28-11-9-10-26(22-28)27-20-21-40-34(23-27)41-43-33(24-36-44(41)51-25-46-36)31-14-4-6-17-37(31)49(40)43/h1-9,11-26H,10H2. The lowest BCUT2D eigenvalue weighted by atomic mass is 9.87. The predicted octanol–water partition coefficient (Wildman–Crippen LogP) is 11.6. The van der Waals surface area contributed by atoms with Crippen molar-refractivity contribution in [2.45, 2.75) is 12.3 Å². The molecule has 0 N–H and O–H groups in total. The molecule has 5 heterocycles. The van der Waals surface area contributed by atoms with Gasteiger partial charge in [0.25, 0.3) is 0 Å². The van der Waals surface area contributed by atoms with E-state index in [0.717, 1.165) is 45.1 Å². The molecule has 11 aromatic rings. The molecule has 0 bridgehead atoms. The number of hydrogen-bond acceptors (Lipinski definition) is 4. The van der Waals surface area contributed by atoms with Crippen molar-refractivity contribution in [1.29, 1.82) is 0 Å². The van der Waals surface area contributed by atoms with E-state index >= 15 is 0 Å². The fourth-order valence-electron chi connectivity index (χ4n) is 8.72. The second-order valence-corrected chi connectivity index (χ2v) is 14.5. The van der Waals surface area contributed by atoms with Crippen molar-refractivity contribution in [3.63, 3.8) is 0 Å². The first-order valence-corrected chi connectivity index (χ1v) is 18.3. The fourth-order valence-corrected chi connectivity index (χ4v) is 9.55. The lowest BCUT2D eigenvalue weighted by Gasteiger charge is -2.19. The maximum Gasteiger partial charge on any atom is 0.235 e. The van der Waals surface area contributed by atoms with Crippen LogP contribution in [0.4, 0.5) is 0 Å². The first kappa shape index (κ1) is 27.5. The maximum atomic E-state index is 5.38. The van der Waals surface area contributed by atoms with Crippen LogP contribution in [0.3, 0.4) is 0 Å². The number of allylic oxidation sites excluding steroid dienone is 4. The van der Waals surface area contributed by atoms with Crippen LogP contribution in [0.25, 0.3) is 92.5 Å². The zero-order valence-corrected chi connectivity index (χ0v) is 28.1. The Morgan fingerprint density at radius 2 is 1.29 bits per heavy atom. The second-order valence-electron chi connectivity index (χ2n) is 13.6. The highest BCUT2D eigenvalue weighted by Gasteiger charge is 2.23. The molecule has 238 valence electrons. The SMILES string of the molecule is C1=CC(c2nc(-n3c4ccccc4c4ccccc43)nc3ccccc23)=CC(c2ccc3c(c2)c2c4scnc4cc4c5ccccc5n3c42)C1. The summed E-state index contributed by atoms with van der Waals surface area (Å²) in [4.78, 5) is 15.3. The molecule has 6 aromatic carbocycles. The first-order chi connectivity index (χ1) is 25.3. The van der Waals surface area contributed by atoms with Gasteiger partial charge in [-0.1, -0.05) is 97.1 Å². The number of para-hydroxylation sites is 4. The minimum absolute atomic E-state index is 0.202. The van der Waals surface area contributed by atoms with Crippen LogP contribution in [0.5, 0.6) is 0 Å². The van der Waals surface area contributed by atoms with Gasteiger partial charge < -0.3 is 4.40 Å². The van der Waals surface area contributed by atoms with Gasteiger partial charge >= 0.3 is 0 Å². The van der Waals surface area contributed by atoms with Gasteiger partial charge in [-0.25, -0.2) is 15.0 Å². The number of fused-ring (bicyclic) bond motifs is 12. The van der Waals surface area contributed by atoms with Crippen molar-refractivity contribution < 1.29 is 0 Å². The Labute approximate surface area is 295 Å². The van der Waals surface area contributed by atoms with Crippen molar-refractivity contribution in [3.8, 4) is 5.95 Å². The van der Waals surface area contributed by atoms with Crippen molar-refractivity contribution in [1.82, 2.24) is 23.9 Å². The van der Waals surface area contributed by atoms with Crippen LogP contribution < -0.4 is 0 Å². The smallest absolute Gasteiger partial charge is 0.235 e. The monoisotopic (exact) mass is 669 g/mol. The molecule has 0 aliphatic heterocycles. The van der Waals surface area contributed by atoms with Gasteiger partial charge in [-0.15, -0.1) is 11.3 Å². The van der Waals surface area contributed by atoms with E-state index in [9.17, 15) is 0 Å². The summed E-state index contributed by atoms with van der Waals surface area (Å²) in [6, 6.07) is 43.6. The van der Waals surface area contributed by atoms with Gasteiger partial charge in [0.15, 0.2) is 0 Å². The van der Waals surface area contributed by atoms with Crippen LogP contribution >= 0.6 is 11.3 Å². The van der Waals surface area contributed by atoms with E-state index in [1.165, 1.54) is 59.1 Å². The zero-order chi connectivity index (χ0) is 33.2. The third-order valence-electron chi connectivity index (χ3n) is 10.9. The normalized spacial score (nSPS) is 15.2. The Balaban J connectivity index is 1.06. The van der Waals surface area contributed by atoms with Crippen molar-refractivity contribution in [3.05, 3.63) is 156 Å². The molecule has 0 radical (unpaired) electrons. The minimum Gasteiger partial charge on any atom is -0.308 e. The van der Waals surface area contributed by atoms with Gasteiger partial charge in [-0.2, -0.15) is 0 Å². The van der Waals surface area contributed by atoms with E-state index in [0.29, 0.717) is 5.95 Å². The largest absolute Gasteiger partial charge is 0.308 e. The van der Waals surface area contributed by atoms with Crippen LogP contribution in [-0.4, -0.2) is 23.9 Å². The summed E-state index contributed by atoms with van der Waals surface area (Å²) in [5, 5.41) is 8.61. The molecule has 1 atom stereocenters. The molecule has 0 amide bonds. The van der Waals surface area contributed by atoms with Crippen molar-refractivity contribution in [2.24, 2.45) is 0 Å². The lowest BCUT2D eigenvalue weighted by molar-refractivity contribution is 0.857. The molecular formula is C45H27N5S. The van der Waals surface area contributed by atoms with Gasteiger partial charge in [-0.05, 0) is 60.0 Å². The Morgan fingerprint density at radius 3 is 2.10 bits per heavy atom. The van der Waals surface area contributed by atoms with Gasteiger partial charge in [0.05, 0.1) is 54.5 Å². The Hall–Kier alpha value is -6.37. The minimum atomic E-state index is 0.202. The Morgan fingerprint density at radius 1 is 0.608 bits per heavy atom. The number of thiazole rings is 1. The molecule has 1 aliphatic rings. The molecule has 0 fully saturated rings. The van der Waals surface area contributed by atoms with Crippen molar-refractivity contribution >= 4 is 97.9 Å². The topological polar surface area (TPSA) is 48.0 Å². The average molecular weight is 670 g/mol. The Kier molecular flexibility index (Phi) is 5.43. The molecule has 5 aromatic heterocycles. The molecule has 12 rings (SSSR count). The molecule has 0 saturated carbocycles. The predicted molar refractivity (Wildman–Crippen MR) is 213 cm³/mol. The van der Waals surface area contributed by atoms with E-state index in [1.807, 2.05) is 5.51 Å². The molecule has 0 spiro atoms. The van der Waals surface area contributed by atoms with Crippen LogP contribution in [0.2, 0.25) is 0 Å². The molecule has 0 saturated heterocycles. The number of nitrogens with zero attached hydrogens (tertiary/aromatic N) is 5. The third-order valence-corrected chi connectivity index (χ3v) is 11.8. The van der Waals surface area contributed by atoms with E-state index in [1.54, 1.807) is 11.3 Å². The Bertz CT molecular complexity index is 3250. The van der Waals surface area contributed by atoms with E-state index in [4.69, 9.17) is 15.0 Å². The molecule has 6 heteroatoms. The van der Waals surface area contributed by atoms with Crippen LogP contribution in [-0.2, 0) is 0 Å². The van der Waals surface area contributed by atoms with E-state index in [-0.39, 0.29) is 5.92 Å². The first-order valence-electron chi connectivity index (χ1n) is 17.4. The van der Waals surface area contributed by atoms with Crippen molar-refractivity contribution in [2.75, 3.05) is 0 Å². The highest BCUT2D eigenvalue weighted by Crippen LogP contribution is 2.45. The van der Waals surface area contributed by atoms with Gasteiger partial charge in [0, 0.05) is 43.6 Å².